The van der Waals surface area contributed by atoms with E-state index in [4.69, 9.17) is 16.3 Å². The van der Waals surface area contributed by atoms with Gasteiger partial charge in [0, 0.05) is 23.4 Å². The zero-order valence-electron chi connectivity index (χ0n) is 17.2. The van der Waals surface area contributed by atoms with Crippen molar-refractivity contribution in [1.29, 1.82) is 0 Å². The Morgan fingerprint density at radius 3 is 2.56 bits per heavy atom. The van der Waals surface area contributed by atoms with Gasteiger partial charge in [0.15, 0.2) is 0 Å². The second kappa shape index (κ2) is 7.67. The van der Waals surface area contributed by atoms with Crippen LogP contribution in [0, 0.1) is 11.8 Å². The summed E-state index contributed by atoms with van der Waals surface area (Å²) >= 11 is 5.98. The highest BCUT2D eigenvalue weighted by Gasteiger charge is 2.71. The van der Waals surface area contributed by atoms with Crippen molar-refractivity contribution in [1.82, 2.24) is 10.2 Å². The van der Waals surface area contributed by atoms with E-state index in [1.54, 1.807) is 48.5 Å². The van der Waals surface area contributed by atoms with E-state index < -0.39 is 47.2 Å². The Balaban J connectivity index is 1.63. The number of nitrogens with one attached hydrogen (secondary N) is 2. The van der Waals surface area contributed by atoms with Crippen molar-refractivity contribution in [3.05, 3.63) is 64.7 Å². The van der Waals surface area contributed by atoms with Crippen molar-refractivity contribution in [3.63, 3.8) is 0 Å². The van der Waals surface area contributed by atoms with Gasteiger partial charge in [-0.25, -0.2) is 0 Å². The Bertz CT molecular complexity index is 1110. The van der Waals surface area contributed by atoms with Crippen LogP contribution in [0.3, 0.4) is 0 Å². The minimum Gasteiger partial charge on any atom is -0.387 e. The van der Waals surface area contributed by atoms with Crippen LogP contribution in [0.25, 0.3) is 0 Å². The maximum Gasteiger partial charge on any atom is 0.250 e. The van der Waals surface area contributed by atoms with E-state index in [-0.39, 0.29) is 13.2 Å². The maximum atomic E-state index is 13.5. The summed E-state index contributed by atoms with van der Waals surface area (Å²) < 4.78 is 5.07. The van der Waals surface area contributed by atoms with Gasteiger partial charge in [0.2, 0.25) is 17.7 Å². The Labute approximate surface area is 189 Å². The molecule has 0 radical (unpaired) electrons. The second-order valence-corrected chi connectivity index (χ2v) is 8.74. The number of para-hydroxylation sites is 1. The van der Waals surface area contributed by atoms with Crippen LogP contribution in [-0.4, -0.2) is 54.0 Å². The van der Waals surface area contributed by atoms with Gasteiger partial charge in [0.1, 0.15) is 5.54 Å². The molecular weight excluding hydrogens is 434 g/mol. The van der Waals surface area contributed by atoms with Gasteiger partial charge in [-0.1, -0.05) is 41.9 Å². The van der Waals surface area contributed by atoms with Crippen LogP contribution in [0.2, 0.25) is 5.02 Å². The molecule has 32 heavy (non-hydrogen) atoms. The van der Waals surface area contributed by atoms with Crippen LogP contribution >= 0.6 is 11.6 Å². The molecule has 0 aromatic heterocycles. The topological polar surface area (TPSA) is 108 Å². The number of carbonyl (C=O) groups excluding carboxylic acids is 3. The fraction of sp³-hybridized carbons (Fsp3) is 0.348. The van der Waals surface area contributed by atoms with Crippen molar-refractivity contribution in [2.45, 2.75) is 17.7 Å². The first-order valence-corrected chi connectivity index (χ1v) is 10.7. The standard InChI is InChI=1S/C23H22ClN3O5/c1-32-11-10-27-20(29)16-17(21(27)30)23(14-4-2-3-5-15(14)25-22(23)31)26-18(16)19(28)12-6-8-13(24)9-7-12/h2-9,16-19,26,28H,10-11H2,1H3,(H,25,31)/t16-,17+,18-,19+,23+/m0/s1. The molecule has 3 aliphatic heterocycles. The molecule has 3 N–H and O–H groups in total. The number of hydrogen-bond acceptors (Lipinski definition) is 6. The lowest BCUT2D eigenvalue weighted by Crippen LogP contribution is -2.54. The minimum absolute atomic E-state index is 0.0876. The SMILES string of the molecule is COCCN1C(=O)[C@@H]2[C@@H]([C@H](O)c3ccc(Cl)cc3)N[C@@]3(C(=O)Nc4ccccc43)[C@H]2C1=O. The third-order valence-electron chi connectivity index (χ3n) is 6.72. The number of nitrogens with zero attached hydrogens (tertiary/aromatic N) is 1. The summed E-state index contributed by atoms with van der Waals surface area (Å²) in [4.78, 5) is 41.4. The van der Waals surface area contributed by atoms with Crippen LogP contribution in [0.5, 0.6) is 0 Å². The first kappa shape index (κ1) is 21.1. The molecule has 3 aliphatic rings. The largest absolute Gasteiger partial charge is 0.387 e. The third kappa shape index (κ3) is 2.84. The highest BCUT2D eigenvalue weighted by Crippen LogP contribution is 2.54. The number of aliphatic hydroxyl groups excluding tert-OH is 1. The number of methoxy groups -OCH3 is 1. The molecule has 2 fully saturated rings. The molecular formula is C23H22ClN3O5. The lowest BCUT2D eigenvalue weighted by Gasteiger charge is -2.30. The highest BCUT2D eigenvalue weighted by atomic mass is 35.5. The molecule has 0 saturated carbocycles. The number of ether oxygens (including phenoxy) is 1. The van der Waals surface area contributed by atoms with Crippen molar-refractivity contribution in [3.8, 4) is 0 Å². The summed E-state index contributed by atoms with van der Waals surface area (Å²) in [5.74, 6) is -3.17. The van der Waals surface area contributed by atoms with E-state index in [0.717, 1.165) is 4.90 Å². The number of hydrogen-bond donors (Lipinski definition) is 3. The number of imide groups is 1. The summed E-state index contributed by atoms with van der Waals surface area (Å²) in [5.41, 5.74) is 0.264. The fourth-order valence-electron chi connectivity index (χ4n) is 5.29. The number of halogens is 1. The van der Waals surface area contributed by atoms with E-state index in [2.05, 4.69) is 10.6 Å². The third-order valence-corrected chi connectivity index (χ3v) is 6.97. The zero-order valence-corrected chi connectivity index (χ0v) is 18.0. The van der Waals surface area contributed by atoms with Gasteiger partial charge in [-0.05, 0) is 23.8 Å². The smallest absolute Gasteiger partial charge is 0.250 e. The molecule has 0 aliphatic carbocycles. The molecule has 9 heteroatoms. The number of anilines is 1. The predicted molar refractivity (Wildman–Crippen MR) is 116 cm³/mol. The number of aliphatic hydroxyl groups is 1. The molecule has 0 bridgehead atoms. The Morgan fingerprint density at radius 2 is 1.84 bits per heavy atom. The molecule has 8 nitrogen and oxygen atoms in total. The summed E-state index contributed by atoms with van der Waals surface area (Å²) in [6.07, 6.45) is -1.14. The van der Waals surface area contributed by atoms with E-state index in [9.17, 15) is 19.5 Å². The molecule has 5 rings (SSSR count). The summed E-state index contributed by atoms with van der Waals surface area (Å²) in [6.45, 7) is 0.273. The number of fused-ring (bicyclic) bond motifs is 4. The molecule has 2 aromatic rings. The van der Waals surface area contributed by atoms with Gasteiger partial charge < -0.3 is 15.2 Å². The zero-order chi connectivity index (χ0) is 22.6. The van der Waals surface area contributed by atoms with Crippen LogP contribution in [-0.2, 0) is 24.7 Å². The molecule has 0 unspecified atom stereocenters. The quantitative estimate of drug-likeness (QED) is 0.589. The number of rotatable bonds is 5. The van der Waals surface area contributed by atoms with E-state index in [1.165, 1.54) is 7.11 Å². The van der Waals surface area contributed by atoms with Gasteiger partial charge in [-0.3, -0.25) is 24.6 Å². The Kier molecular flexibility index (Phi) is 5.05. The molecule has 166 valence electrons. The normalized spacial score (nSPS) is 29.4. The minimum atomic E-state index is -1.45. The monoisotopic (exact) mass is 455 g/mol. The van der Waals surface area contributed by atoms with E-state index >= 15 is 0 Å². The van der Waals surface area contributed by atoms with Gasteiger partial charge in [0.25, 0.3) is 0 Å². The highest BCUT2D eigenvalue weighted by molar-refractivity contribution is 6.30. The van der Waals surface area contributed by atoms with Crippen molar-refractivity contribution < 1.29 is 24.2 Å². The molecule has 2 saturated heterocycles. The number of carbonyl (C=O) groups is 3. The lowest BCUT2D eigenvalue weighted by molar-refractivity contribution is -0.143. The Hall–Kier alpha value is -2.78. The van der Waals surface area contributed by atoms with Gasteiger partial charge in [-0.2, -0.15) is 0 Å². The van der Waals surface area contributed by atoms with E-state index in [1.807, 2.05) is 0 Å². The van der Waals surface area contributed by atoms with Gasteiger partial charge in [0.05, 0.1) is 37.1 Å². The van der Waals surface area contributed by atoms with Crippen LogP contribution in [0.15, 0.2) is 48.5 Å². The number of likely N-dealkylation sites (tertiary alicyclic amines) is 1. The number of benzene rings is 2. The van der Waals surface area contributed by atoms with Crippen LogP contribution in [0.4, 0.5) is 5.69 Å². The van der Waals surface area contributed by atoms with Gasteiger partial charge >= 0.3 is 0 Å². The van der Waals surface area contributed by atoms with Crippen molar-refractivity contribution >= 4 is 35.0 Å². The van der Waals surface area contributed by atoms with Crippen molar-refractivity contribution in [2.24, 2.45) is 11.8 Å². The molecule has 5 atom stereocenters. The van der Waals surface area contributed by atoms with Gasteiger partial charge in [-0.15, -0.1) is 0 Å². The number of amides is 3. The summed E-state index contributed by atoms with van der Waals surface area (Å²) in [6, 6.07) is 12.9. The first-order valence-electron chi connectivity index (χ1n) is 10.4. The molecule has 3 heterocycles. The maximum absolute atomic E-state index is 13.5. The Morgan fingerprint density at radius 1 is 1.12 bits per heavy atom. The average molecular weight is 456 g/mol. The van der Waals surface area contributed by atoms with Crippen LogP contribution < -0.4 is 10.6 Å². The van der Waals surface area contributed by atoms with Crippen molar-refractivity contribution in [2.75, 3.05) is 25.6 Å². The van der Waals surface area contributed by atoms with E-state index in [0.29, 0.717) is 21.8 Å². The fourth-order valence-corrected chi connectivity index (χ4v) is 5.41. The lowest BCUT2D eigenvalue weighted by atomic mass is 9.76. The first-order chi connectivity index (χ1) is 15.4. The summed E-state index contributed by atoms with van der Waals surface area (Å²) in [7, 11) is 1.49. The predicted octanol–water partition coefficient (Wildman–Crippen LogP) is 1.44. The average Bonchev–Trinajstić information content (AvgIpc) is 3.38. The molecule has 2 aromatic carbocycles. The molecule has 3 amide bonds. The second-order valence-electron chi connectivity index (χ2n) is 8.30. The molecule has 1 spiro atoms. The van der Waals surface area contributed by atoms with Crippen LogP contribution in [0.1, 0.15) is 17.2 Å². The summed E-state index contributed by atoms with van der Waals surface area (Å²) in [5, 5.41) is 17.8.